The maximum Gasteiger partial charge on any atom is 0.347 e. The summed E-state index contributed by atoms with van der Waals surface area (Å²) in [4.78, 5) is 98.3. The molecule has 1 rings (SSSR count). The molecule has 1 heterocycles. The van der Waals surface area contributed by atoms with E-state index in [4.69, 9.17) is 20.4 Å². The third kappa shape index (κ3) is 18.0. The first-order valence-electron chi connectivity index (χ1n) is 13.7. The molecular weight excluding hydrogens is 644 g/mol. The molecule has 4 N–H and O–H groups in total. The van der Waals surface area contributed by atoms with Crippen LogP contribution in [0, 0.1) is 0 Å². The van der Waals surface area contributed by atoms with Gasteiger partial charge in [0.05, 0.1) is 0 Å². The molecule has 1 aliphatic rings. The quantitative estimate of drug-likeness (QED) is 0.133. The Hall–Kier alpha value is -4.85. The van der Waals surface area contributed by atoms with Crippen molar-refractivity contribution in [2.75, 3.05) is 0 Å². The lowest BCUT2D eigenvalue weighted by molar-refractivity contribution is -0.191. The lowest BCUT2D eigenvalue weighted by Crippen LogP contribution is -2.40. The fourth-order valence-electron chi connectivity index (χ4n) is 2.24. The van der Waals surface area contributed by atoms with Crippen molar-refractivity contribution in [2.45, 2.75) is 117 Å². The first-order valence-corrected chi connectivity index (χ1v) is 13.7. The van der Waals surface area contributed by atoms with Gasteiger partial charge in [0, 0.05) is 0 Å². The number of hydrogen-bond acceptors (Lipinski definition) is 18. The monoisotopic (exact) mass is 684 g/mol. The van der Waals surface area contributed by atoms with E-state index in [0.29, 0.717) is 0 Å². The summed E-state index contributed by atoms with van der Waals surface area (Å²) in [5.41, 5.74) is 0. The molecule has 9 atom stereocenters. The van der Waals surface area contributed by atoms with Crippen LogP contribution in [0.1, 0.15) is 62.3 Å². The fraction of sp³-hybridized carbons (Fsp3) is 0.667. The average Bonchev–Trinajstić information content (AvgIpc) is 2.96. The van der Waals surface area contributed by atoms with Gasteiger partial charge in [0.25, 0.3) is 0 Å². The zero-order chi connectivity index (χ0) is 37.3. The minimum atomic E-state index is -1.40. The minimum absolute atomic E-state index is 0.480. The van der Waals surface area contributed by atoms with Crippen LogP contribution in [-0.4, -0.2) is 129 Å². The number of cyclic esters (lactones) is 2. The molecule has 0 aliphatic carbocycles. The molecule has 1 aliphatic heterocycles. The number of carboxylic acid groups (broad SMARTS) is 2. The van der Waals surface area contributed by atoms with Crippen molar-refractivity contribution >= 4 is 53.7 Å². The molecule has 0 amide bonds. The molecule has 268 valence electrons. The minimum Gasteiger partial charge on any atom is -0.479 e. The maximum absolute atomic E-state index is 11.5. The Balaban J connectivity index is 0. The molecule has 20 nitrogen and oxygen atoms in total. The van der Waals surface area contributed by atoms with Crippen molar-refractivity contribution in [2.24, 2.45) is 0 Å². The van der Waals surface area contributed by atoms with Crippen LogP contribution in [-0.2, 0) is 76.3 Å². The molecule has 1 fully saturated rings. The standard InChI is InChI=1S/C12H18O9.C9H14O7.C6H8O4/c1-5(13)10(16)20-7(3)12(18)21-8(4)11(17)19-6(2)9(14)15;1-4(10)8(13)16-6(3)9(14)15-5(2)7(11)12;1-3-5(7)10-4(2)6(8)9-3/h5-8,13H,1-4H3,(H,14,15);4-6,10H,1-3H3,(H,11,12);3-4H,1-2H3. The summed E-state index contributed by atoms with van der Waals surface area (Å²) in [7, 11) is 0. The lowest BCUT2D eigenvalue weighted by atomic mass is 10.3. The highest BCUT2D eigenvalue weighted by Crippen LogP contribution is 2.09. The van der Waals surface area contributed by atoms with Gasteiger partial charge in [-0.05, 0) is 62.3 Å². The van der Waals surface area contributed by atoms with Gasteiger partial charge < -0.3 is 53.6 Å². The molecule has 47 heavy (non-hydrogen) atoms. The molecule has 0 saturated carbocycles. The number of aliphatic hydroxyl groups excluding tert-OH is 2. The SMILES string of the molecule is CC(O)C(=O)OC(C)C(=O)OC(C)C(=O)O.CC(O)C(=O)OC(C)C(=O)OC(C)C(=O)OC(C)C(=O)O.CC1OC(=O)C(C)OC1=O. The average molecular weight is 685 g/mol. The molecule has 0 bridgehead atoms. The molecule has 9 unspecified atom stereocenters. The zero-order valence-corrected chi connectivity index (χ0v) is 27.0. The van der Waals surface area contributed by atoms with Gasteiger partial charge in [-0.15, -0.1) is 0 Å². The highest BCUT2D eigenvalue weighted by Gasteiger charge is 2.32. The Morgan fingerprint density at radius 3 is 0.915 bits per heavy atom. The number of rotatable bonds is 12. The van der Waals surface area contributed by atoms with Gasteiger partial charge in [-0.25, -0.2) is 43.2 Å². The third-order valence-electron chi connectivity index (χ3n) is 5.09. The predicted octanol–water partition coefficient (Wildman–Crippen LogP) is -1.57. The Bertz CT molecular complexity index is 1120. The van der Waals surface area contributed by atoms with E-state index in [9.17, 15) is 43.2 Å². The number of aliphatic carboxylic acids is 2. The molecule has 0 aromatic carbocycles. The Labute approximate surface area is 268 Å². The van der Waals surface area contributed by atoms with Gasteiger partial charge in [-0.3, -0.25) is 0 Å². The van der Waals surface area contributed by atoms with Crippen LogP contribution in [0.25, 0.3) is 0 Å². The summed E-state index contributed by atoms with van der Waals surface area (Å²) in [6.07, 6.45) is -10.9. The van der Waals surface area contributed by atoms with E-state index >= 15 is 0 Å². The van der Waals surface area contributed by atoms with Crippen molar-refractivity contribution in [3.8, 4) is 0 Å². The van der Waals surface area contributed by atoms with Gasteiger partial charge in [-0.2, -0.15) is 0 Å². The van der Waals surface area contributed by atoms with E-state index in [0.717, 1.165) is 13.8 Å². The normalized spacial score (nSPS) is 19.6. The number of ether oxygens (including phenoxy) is 7. The number of carbonyl (C=O) groups excluding carboxylic acids is 7. The van der Waals surface area contributed by atoms with Crippen LogP contribution in [0.2, 0.25) is 0 Å². The second-order valence-electron chi connectivity index (χ2n) is 9.58. The number of aliphatic hydroxyl groups is 2. The Kier molecular flexibility index (Phi) is 19.8. The summed E-state index contributed by atoms with van der Waals surface area (Å²) in [5, 5.41) is 34.7. The van der Waals surface area contributed by atoms with Crippen molar-refractivity contribution in [3.05, 3.63) is 0 Å². The second-order valence-corrected chi connectivity index (χ2v) is 9.58. The van der Waals surface area contributed by atoms with E-state index in [1.807, 2.05) is 0 Å². The molecule has 1 saturated heterocycles. The highest BCUT2D eigenvalue weighted by atomic mass is 16.7. The predicted molar refractivity (Wildman–Crippen MR) is 148 cm³/mol. The highest BCUT2D eigenvalue weighted by molar-refractivity contribution is 5.87. The largest absolute Gasteiger partial charge is 0.479 e. The summed E-state index contributed by atoms with van der Waals surface area (Å²) in [6.45, 7) is 11.2. The third-order valence-corrected chi connectivity index (χ3v) is 5.09. The van der Waals surface area contributed by atoms with Gasteiger partial charge in [0.15, 0.2) is 42.7 Å². The van der Waals surface area contributed by atoms with E-state index in [1.54, 1.807) is 0 Å². The summed E-state index contributed by atoms with van der Waals surface area (Å²) in [6, 6.07) is 0. The van der Waals surface area contributed by atoms with Crippen LogP contribution in [0.4, 0.5) is 0 Å². The number of carbonyl (C=O) groups is 9. The van der Waals surface area contributed by atoms with E-state index < -0.39 is 109 Å². The number of carboxylic acids is 2. The van der Waals surface area contributed by atoms with Gasteiger partial charge in [0.1, 0.15) is 12.2 Å². The molecule has 0 aromatic heterocycles. The molecular formula is C27H40O20. The number of esters is 7. The molecule has 0 spiro atoms. The second kappa shape index (κ2) is 21.0. The Morgan fingerprint density at radius 2 is 0.702 bits per heavy atom. The maximum atomic E-state index is 11.5. The summed E-state index contributed by atoms with van der Waals surface area (Å²) in [5.74, 6) is -8.67. The zero-order valence-electron chi connectivity index (χ0n) is 27.0. The first-order chi connectivity index (χ1) is 21.4. The molecule has 20 heteroatoms. The van der Waals surface area contributed by atoms with E-state index in [-0.39, 0.29) is 0 Å². The smallest absolute Gasteiger partial charge is 0.347 e. The summed E-state index contributed by atoms with van der Waals surface area (Å²) >= 11 is 0. The van der Waals surface area contributed by atoms with E-state index in [2.05, 4.69) is 33.2 Å². The van der Waals surface area contributed by atoms with Crippen molar-refractivity contribution in [3.63, 3.8) is 0 Å². The van der Waals surface area contributed by atoms with Crippen molar-refractivity contribution < 1.29 is 96.7 Å². The lowest BCUT2D eigenvalue weighted by Gasteiger charge is -2.22. The van der Waals surface area contributed by atoms with Gasteiger partial charge in [-0.1, -0.05) is 0 Å². The summed E-state index contributed by atoms with van der Waals surface area (Å²) < 4.78 is 31.9. The number of hydrogen-bond donors (Lipinski definition) is 4. The van der Waals surface area contributed by atoms with Gasteiger partial charge in [0.2, 0.25) is 0 Å². The van der Waals surface area contributed by atoms with Crippen molar-refractivity contribution in [1.82, 2.24) is 0 Å². The topological polar surface area (TPSA) is 299 Å². The van der Waals surface area contributed by atoms with Gasteiger partial charge >= 0.3 is 53.7 Å². The Morgan fingerprint density at radius 1 is 0.489 bits per heavy atom. The van der Waals surface area contributed by atoms with Crippen LogP contribution in [0.15, 0.2) is 0 Å². The fourth-order valence-corrected chi connectivity index (χ4v) is 2.24. The van der Waals surface area contributed by atoms with Crippen LogP contribution >= 0.6 is 0 Å². The van der Waals surface area contributed by atoms with Crippen LogP contribution in [0.5, 0.6) is 0 Å². The van der Waals surface area contributed by atoms with Crippen LogP contribution in [0.3, 0.4) is 0 Å². The van der Waals surface area contributed by atoms with Crippen molar-refractivity contribution in [1.29, 1.82) is 0 Å². The molecule has 0 radical (unpaired) electrons. The molecule has 0 aromatic rings. The first kappa shape index (κ1) is 44.3. The van der Waals surface area contributed by atoms with Crippen LogP contribution < -0.4 is 0 Å². The van der Waals surface area contributed by atoms with E-state index in [1.165, 1.54) is 48.5 Å².